The molecular formula is C16H21F3O2. The first kappa shape index (κ1) is 17.7. The number of unbranched alkanes of at least 4 members (excludes halogenated alkanes) is 3. The van der Waals surface area contributed by atoms with Crippen molar-refractivity contribution in [1.82, 2.24) is 0 Å². The van der Waals surface area contributed by atoms with Crippen LogP contribution in [0.2, 0.25) is 0 Å². The number of rotatable bonds is 6. The van der Waals surface area contributed by atoms with Crippen LogP contribution in [0.5, 0.6) is 0 Å². The number of carbonyl (C=O) groups excluding carboxylic acids is 2. The smallest absolute Gasteiger partial charge is 0.289 e. The van der Waals surface area contributed by atoms with Crippen LogP contribution in [0.15, 0.2) is 22.3 Å². The van der Waals surface area contributed by atoms with E-state index in [0.29, 0.717) is 48.0 Å². The van der Waals surface area contributed by atoms with Crippen LogP contribution < -0.4 is 0 Å². The number of allylic oxidation sites excluding steroid dienone is 4. The van der Waals surface area contributed by atoms with Gasteiger partial charge in [-0.15, -0.1) is 0 Å². The third kappa shape index (κ3) is 4.83. The van der Waals surface area contributed by atoms with Gasteiger partial charge in [-0.1, -0.05) is 12.8 Å². The van der Waals surface area contributed by atoms with Crippen LogP contribution in [0.1, 0.15) is 59.3 Å². The molecule has 0 radical (unpaired) electrons. The van der Waals surface area contributed by atoms with Gasteiger partial charge in [0.2, 0.25) is 0 Å². The Bertz CT molecular complexity index is 496. The minimum Gasteiger partial charge on any atom is -0.289 e. The van der Waals surface area contributed by atoms with Crippen molar-refractivity contribution in [3.63, 3.8) is 0 Å². The molecule has 2 nitrogen and oxygen atoms in total. The minimum atomic E-state index is -4.09. The Morgan fingerprint density at radius 2 is 1.29 bits per heavy atom. The van der Waals surface area contributed by atoms with Crippen LogP contribution in [0.25, 0.3) is 0 Å². The van der Waals surface area contributed by atoms with Crippen LogP contribution in [0, 0.1) is 0 Å². The topological polar surface area (TPSA) is 34.1 Å². The van der Waals surface area contributed by atoms with Gasteiger partial charge in [0.05, 0.1) is 0 Å². The van der Waals surface area contributed by atoms with E-state index < -0.39 is 12.6 Å². The summed E-state index contributed by atoms with van der Waals surface area (Å²) in [6.45, 7) is 4.94. The molecule has 0 aromatic carbocycles. The highest BCUT2D eigenvalue weighted by Gasteiger charge is 2.27. The third-order valence-corrected chi connectivity index (χ3v) is 3.95. The Balaban J connectivity index is 2.45. The lowest BCUT2D eigenvalue weighted by Gasteiger charge is -2.18. The molecule has 0 aromatic rings. The van der Waals surface area contributed by atoms with Crippen molar-refractivity contribution in [3.8, 4) is 0 Å². The molecule has 0 saturated heterocycles. The Kier molecular flexibility index (Phi) is 5.93. The van der Waals surface area contributed by atoms with Crippen LogP contribution >= 0.6 is 0 Å². The fourth-order valence-electron chi connectivity index (χ4n) is 2.44. The molecule has 1 aliphatic carbocycles. The van der Waals surface area contributed by atoms with Crippen molar-refractivity contribution in [3.05, 3.63) is 22.3 Å². The number of ketones is 2. The molecule has 1 rings (SSSR count). The zero-order valence-electron chi connectivity index (χ0n) is 12.7. The summed E-state index contributed by atoms with van der Waals surface area (Å²) < 4.78 is 36.0. The van der Waals surface area contributed by atoms with Gasteiger partial charge in [0, 0.05) is 28.7 Å². The largest absolute Gasteiger partial charge is 0.389 e. The average Bonchev–Trinajstić information content (AvgIpc) is 2.40. The van der Waals surface area contributed by atoms with E-state index in [2.05, 4.69) is 0 Å². The van der Waals surface area contributed by atoms with Gasteiger partial charge in [0.1, 0.15) is 0 Å². The predicted octanol–water partition coefficient (Wildman–Crippen LogP) is 4.69. The van der Waals surface area contributed by atoms with Gasteiger partial charge >= 0.3 is 6.18 Å². The van der Waals surface area contributed by atoms with E-state index in [0.717, 1.165) is 0 Å². The van der Waals surface area contributed by atoms with Crippen LogP contribution in [0.4, 0.5) is 13.2 Å². The molecule has 0 aliphatic heterocycles. The van der Waals surface area contributed by atoms with Crippen LogP contribution in [-0.2, 0) is 9.59 Å². The molecule has 118 valence electrons. The molecule has 0 bridgehead atoms. The maximum atomic E-state index is 12.1. The molecule has 0 atom stereocenters. The van der Waals surface area contributed by atoms with Gasteiger partial charge in [-0.25, -0.2) is 0 Å². The lowest BCUT2D eigenvalue weighted by molar-refractivity contribution is -0.135. The van der Waals surface area contributed by atoms with Crippen molar-refractivity contribution in [2.24, 2.45) is 0 Å². The molecule has 21 heavy (non-hydrogen) atoms. The van der Waals surface area contributed by atoms with E-state index in [9.17, 15) is 22.8 Å². The van der Waals surface area contributed by atoms with E-state index in [-0.39, 0.29) is 18.0 Å². The van der Waals surface area contributed by atoms with Gasteiger partial charge in [0.25, 0.3) is 0 Å². The van der Waals surface area contributed by atoms with Gasteiger partial charge < -0.3 is 0 Å². The fourth-order valence-corrected chi connectivity index (χ4v) is 2.44. The molecule has 5 heteroatoms. The maximum absolute atomic E-state index is 12.1. The first-order chi connectivity index (χ1) is 9.65. The second kappa shape index (κ2) is 7.05. The molecule has 0 fully saturated rings. The summed E-state index contributed by atoms with van der Waals surface area (Å²) in [6.07, 6.45) is -2.51. The minimum absolute atomic E-state index is 0.0973. The lowest BCUT2D eigenvalue weighted by Crippen LogP contribution is -2.20. The molecule has 0 unspecified atom stereocenters. The van der Waals surface area contributed by atoms with E-state index in [1.54, 1.807) is 20.8 Å². The summed E-state index contributed by atoms with van der Waals surface area (Å²) in [6, 6.07) is 0. The number of hydrogen-bond donors (Lipinski definition) is 0. The summed E-state index contributed by atoms with van der Waals surface area (Å²) in [4.78, 5) is 24.1. The monoisotopic (exact) mass is 302 g/mol. The normalized spacial score (nSPS) is 17.0. The zero-order valence-corrected chi connectivity index (χ0v) is 12.7. The Hall–Kier alpha value is -1.39. The van der Waals surface area contributed by atoms with Gasteiger partial charge in [-0.2, -0.15) is 13.2 Å². The molecule has 0 N–H and O–H groups in total. The summed E-state index contributed by atoms with van der Waals surface area (Å²) >= 11 is 0. The highest BCUT2D eigenvalue weighted by atomic mass is 19.4. The van der Waals surface area contributed by atoms with E-state index in [1.165, 1.54) is 0 Å². The van der Waals surface area contributed by atoms with Crippen molar-refractivity contribution in [2.75, 3.05) is 0 Å². The second-order valence-electron chi connectivity index (χ2n) is 5.54. The molecule has 0 heterocycles. The molecule has 0 amide bonds. The molecule has 0 spiro atoms. The molecule has 1 aliphatic rings. The van der Waals surface area contributed by atoms with Crippen molar-refractivity contribution >= 4 is 11.6 Å². The second-order valence-corrected chi connectivity index (χ2v) is 5.54. The highest BCUT2D eigenvalue weighted by Crippen LogP contribution is 2.28. The average molecular weight is 302 g/mol. The van der Waals surface area contributed by atoms with E-state index in [4.69, 9.17) is 0 Å². The third-order valence-electron chi connectivity index (χ3n) is 3.95. The Morgan fingerprint density at radius 3 is 1.86 bits per heavy atom. The molecule has 0 saturated carbocycles. The number of hydrogen-bond acceptors (Lipinski definition) is 2. The molecule has 0 aromatic heterocycles. The van der Waals surface area contributed by atoms with Gasteiger partial charge in [-0.05, 0) is 40.0 Å². The number of alkyl halides is 3. The first-order valence-electron chi connectivity index (χ1n) is 7.18. The van der Waals surface area contributed by atoms with Crippen molar-refractivity contribution in [2.45, 2.75) is 65.5 Å². The predicted molar refractivity (Wildman–Crippen MR) is 74.8 cm³/mol. The SMILES string of the molecule is CC1=C(C)C(=O)C(CCCCCCC(F)(F)F)=C(C)C1=O. The standard InChI is InChI=1S/C16H21F3O2/c1-10-11(2)15(21)13(12(3)14(10)20)8-6-4-5-7-9-16(17,18)19/h4-9H2,1-3H3. The summed E-state index contributed by atoms with van der Waals surface area (Å²) in [7, 11) is 0. The van der Waals surface area contributed by atoms with Crippen LogP contribution in [-0.4, -0.2) is 17.7 Å². The van der Waals surface area contributed by atoms with Gasteiger partial charge in [-0.3, -0.25) is 9.59 Å². The Labute approximate surface area is 123 Å². The highest BCUT2D eigenvalue weighted by molar-refractivity contribution is 6.24. The quantitative estimate of drug-likeness (QED) is 0.526. The van der Waals surface area contributed by atoms with E-state index >= 15 is 0 Å². The van der Waals surface area contributed by atoms with Crippen LogP contribution in [0.3, 0.4) is 0 Å². The fraction of sp³-hybridized carbons (Fsp3) is 0.625. The summed E-state index contributed by atoms with van der Waals surface area (Å²) in [5.41, 5.74) is 1.99. The van der Waals surface area contributed by atoms with E-state index in [1.807, 2.05) is 0 Å². The summed E-state index contributed by atoms with van der Waals surface area (Å²) in [5.74, 6) is -0.195. The molecular weight excluding hydrogens is 281 g/mol. The summed E-state index contributed by atoms with van der Waals surface area (Å²) in [5, 5.41) is 0. The zero-order chi connectivity index (χ0) is 16.2. The number of halogens is 3. The Morgan fingerprint density at radius 1 is 0.762 bits per heavy atom. The lowest BCUT2D eigenvalue weighted by atomic mass is 9.84. The number of Topliss-reactive ketones (excluding diaryl/α,β-unsaturated/α-hetero) is 2. The number of carbonyl (C=O) groups is 2. The first-order valence-corrected chi connectivity index (χ1v) is 7.18. The van der Waals surface area contributed by atoms with Crippen molar-refractivity contribution in [1.29, 1.82) is 0 Å². The maximum Gasteiger partial charge on any atom is 0.389 e. The van der Waals surface area contributed by atoms with Crippen molar-refractivity contribution < 1.29 is 22.8 Å². The van der Waals surface area contributed by atoms with Gasteiger partial charge in [0.15, 0.2) is 11.6 Å².